The van der Waals surface area contributed by atoms with E-state index in [1.165, 1.54) is 41.9 Å². The van der Waals surface area contributed by atoms with E-state index in [2.05, 4.69) is 4.72 Å². The van der Waals surface area contributed by atoms with Crippen molar-refractivity contribution in [3.8, 4) is 0 Å². The molecule has 9 heteroatoms. The zero-order valence-electron chi connectivity index (χ0n) is 12.0. The molecule has 0 saturated heterocycles. The number of hydrogen-bond acceptors (Lipinski definition) is 4. The van der Waals surface area contributed by atoms with E-state index < -0.39 is 15.9 Å². The molecule has 3 N–H and O–H groups in total. The van der Waals surface area contributed by atoms with Gasteiger partial charge in [-0.15, -0.1) is 0 Å². The van der Waals surface area contributed by atoms with Gasteiger partial charge in [0.05, 0.1) is 14.9 Å². The Bertz CT molecular complexity index is 881. The second-order valence-electron chi connectivity index (χ2n) is 4.61. The molecule has 0 aliphatic heterocycles. The average molecular weight is 387 g/mol. The van der Waals surface area contributed by atoms with Crippen LogP contribution in [-0.2, 0) is 14.8 Å². The number of amides is 1. The molecule has 6 nitrogen and oxygen atoms in total. The number of sulfonamides is 1. The highest BCUT2D eigenvalue weighted by Gasteiger charge is 2.15. The molecule has 0 aromatic heterocycles. The Morgan fingerprint density at radius 2 is 1.71 bits per heavy atom. The highest BCUT2D eigenvalue weighted by Crippen LogP contribution is 2.26. The van der Waals surface area contributed by atoms with Crippen molar-refractivity contribution in [2.45, 2.75) is 4.90 Å². The maximum absolute atomic E-state index is 12.3. The molecule has 2 aromatic carbocycles. The minimum absolute atomic E-state index is 0.0134. The van der Waals surface area contributed by atoms with Crippen LogP contribution in [0.25, 0.3) is 6.08 Å². The fourth-order valence-electron chi connectivity index (χ4n) is 1.73. The van der Waals surface area contributed by atoms with Crippen molar-refractivity contribution >= 4 is 50.9 Å². The standard InChI is InChI=1S/C15H12Cl2N2O4S/c16-13-7-6-12(9-14(13)17)24(22,23)19-11-4-1-10(2-5-11)3-8-15(20)18-21/h1-9,19,21H,(H,18,20). The van der Waals surface area contributed by atoms with Crippen LogP contribution in [0.15, 0.2) is 53.4 Å². The summed E-state index contributed by atoms with van der Waals surface area (Å²) >= 11 is 11.6. The van der Waals surface area contributed by atoms with E-state index in [4.69, 9.17) is 28.4 Å². The lowest BCUT2D eigenvalue weighted by Gasteiger charge is -2.09. The summed E-state index contributed by atoms with van der Waals surface area (Å²) in [6.07, 6.45) is 2.59. The molecule has 0 unspecified atom stereocenters. The fourth-order valence-corrected chi connectivity index (χ4v) is 3.18. The second kappa shape index (κ2) is 7.67. The lowest BCUT2D eigenvalue weighted by Crippen LogP contribution is -2.14. The first-order chi connectivity index (χ1) is 11.3. The summed E-state index contributed by atoms with van der Waals surface area (Å²) in [6.45, 7) is 0. The maximum atomic E-state index is 12.3. The molecule has 0 spiro atoms. The quantitative estimate of drug-likeness (QED) is 0.417. The number of nitrogens with one attached hydrogen (secondary N) is 2. The van der Waals surface area contributed by atoms with Gasteiger partial charge in [-0.3, -0.25) is 14.7 Å². The number of carbonyl (C=O) groups is 1. The molecule has 24 heavy (non-hydrogen) atoms. The number of anilines is 1. The van der Waals surface area contributed by atoms with Crippen molar-refractivity contribution in [1.82, 2.24) is 5.48 Å². The minimum Gasteiger partial charge on any atom is -0.288 e. The predicted octanol–water partition coefficient (Wildman–Crippen LogP) is 3.31. The van der Waals surface area contributed by atoms with Gasteiger partial charge in [-0.05, 0) is 42.0 Å². The van der Waals surface area contributed by atoms with Crippen LogP contribution in [0.4, 0.5) is 5.69 Å². The van der Waals surface area contributed by atoms with Crippen LogP contribution in [-0.4, -0.2) is 19.5 Å². The number of benzene rings is 2. The van der Waals surface area contributed by atoms with E-state index in [1.807, 2.05) is 0 Å². The van der Waals surface area contributed by atoms with Gasteiger partial charge in [0, 0.05) is 11.8 Å². The van der Waals surface area contributed by atoms with E-state index in [9.17, 15) is 13.2 Å². The van der Waals surface area contributed by atoms with Crippen molar-refractivity contribution in [2.75, 3.05) is 4.72 Å². The van der Waals surface area contributed by atoms with Gasteiger partial charge in [-0.1, -0.05) is 35.3 Å². The highest BCUT2D eigenvalue weighted by molar-refractivity contribution is 7.92. The molecule has 0 aliphatic carbocycles. The molecule has 0 heterocycles. The summed E-state index contributed by atoms with van der Waals surface area (Å²) < 4.78 is 27.0. The Morgan fingerprint density at radius 3 is 2.29 bits per heavy atom. The summed E-state index contributed by atoms with van der Waals surface area (Å²) in [4.78, 5) is 10.9. The monoisotopic (exact) mass is 386 g/mol. The smallest absolute Gasteiger partial charge is 0.267 e. The van der Waals surface area contributed by atoms with Crippen molar-refractivity contribution in [2.24, 2.45) is 0 Å². The third kappa shape index (κ3) is 4.72. The Labute approximate surface area is 148 Å². The van der Waals surface area contributed by atoms with Gasteiger partial charge < -0.3 is 0 Å². The number of hydroxylamine groups is 1. The number of hydrogen-bond donors (Lipinski definition) is 3. The molecule has 0 bridgehead atoms. The summed E-state index contributed by atoms with van der Waals surface area (Å²) in [5.41, 5.74) is 2.45. The van der Waals surface area contributed by atoms with E-state index in [1.54, 1.807) is 12.1 Å². The van der Waals surface area contributed by atoms with Crippen LogP contribution >= 0.6 is 23.2 Å². The molecular formula is C15H12Cl2N2O4S. The van der Waals surface area contributed by atoms with Gasteiger partial charge in [-0.2, -0.15) is 0 Å². The zero-order chi connectivity index (χ0) is 17.7. The van der Waals surface area contributed by atoms with Gasteiger partial charge in [0.15, 0.2) is 0 Å². The van der Waals surface area contributed by atoms with Gasteiger partial charge in [0.2, 0.25) is 0 Å². The topological polar surface area (TPSA) is 95.5 Å². The Balaban J connectivity index is 2.16. The van der Waals surface area contributed by atoms with Crippen molar-refractivity contribution in [3.05, 3.63) is 64.1 Å². The summed E-state index contributed by atoms with van der Waals surface area (Å²) in [7, 11) is -3.80. The molecule has 0 fully saturated rings. The van der Waals surface area contributed by atoms with Gasteiger partial charge in [0.25, 0.3) is 15.9 Å². The Kier molecular flexibility index (Phi) is 5.84. The average Bonchev–Trinajstić information content (AvgIpc) is 2.56. The molecule has 1 amide bonds. The van der Waals surface area contributed by atoms with Crippen molar-refractivity contribution < 1.29 is 18.4 Å². The summed E-state index contributed by atoms with van der Waals surface area (Å²) in [5, 5.41) is 8.79. The SMILES string of the molecule is O=C(C=Cc1ccc(NS(=O)(=O)c2ccc(Cl)c(Cl)c2)cc1)NO. The third-order valence-corrected chi connectivity index (χ3v) is 5.02. The molecule has 0 radical (unpaired) electrons. The number of carbonyl (C=O) groups excluding carboxylic acids is 1. The van der Waals surface area contributed by atoms with Crippen LogP contribution < -0.4 is 10.2 Å². The van der Waals surface area contributed by atoms with Crippen LogP contribution in [0.3, 0.4) is 0 Å². The van der Waals surface area contributed by atoms with Crippen LogP contribution in [0.5, 0.6) is 0 Å². The fraction of sp³-hybridized carbons (Fsp3) is 0. The predicted molar refractivity (Wildman–Crippen MR) is 92.7 cm³/mol. The Morgan fingerprint density at radius 1 is 1.04 bits per heavy atom. The summed E-state index contributed by atoms with van der Waals surface area (Å²) in [5.74, 6) is -0.667. The highest BCUT2D eigenvalue weighted by atomic mass is 35.5. The van der Waals surface area contributed by atoms with Gasteiger partial charge >= 0.3 is 0 Å². The summed E-state index contributed by atoms with van der Waals surface area (Å²) in [6, 6.07) is 10.3. The first-order valence-electron chi connectivity index (χ1n) is 6.52. The van der Waals surface area contributed by atoms with Crippen LogP contribution in [0.1, 0.15) is 5.56 Å². The van der Waals surface area contributed by atoms with E-state index >= 15 is 0 Å². The first-order valence-corrected chi connectivity index (χ1v) is 8.76. The molecule has 0 saturated carbocycles. The normalized spacial score (nSPS) is 11.5. The molecule has 126 valence electrons. The van der Waals surface area contributed by atoms with Crippen LogP contribution in [0.2, 0.25) is 10.0 Å². The second-order valence-corrected chi connectivity index (χ2v) is 7.11. The Hall–Kier alpha value is -2.06. The van der Waals surface area contributed by atoms with E-state index in [0.717, 1.165) is 6.08 Å². The van der Waals surface area contributed by atoms with E-state index in [0.29, 0.717) is 11.3 Å². The lowest BCUT2D eigenvalue weighted by atomic mass is 10.2. The molecule has 2 rings (SSSR count). The third-order valence-electron chi connectivity index (χ3n) is 2.90. The number of halogens is 2. The van der Waals surface area contributed by atoms with Crippen molar-refractivity contribution in [3.63, 3.8) is 0 Å². The van der Waals surface area contributed by atoms with Gasteiger partial charge in [-0.25, -0.2) is 13.9 Å². The molecule has 0 aliphatic rings. The first kappa shape index (κ1) is 18.3. The van der Waals surface area contributed by atoms with Crippen molar-refractivity contribution in [1.29, 1.82) is 0 Å². The minimum atomic E-state index is -3.80. The molecule has 2 aromatic rings. The van der Waals surface area contributed by atoms with Gasteiger partial charge in [0.1, 0.15) is 0 Å². The van der Waals surface area contributed by atoms with Crippen LogP contribution in [0, 0.1) is 0 Å². The molecule has 0 atom stereocenters. The van der Waals surface area contributed by atoms with E-state index in [-0.39, 0.29) is 14.9 Å². The number of rotatable bonds is 5. The molecular weight excluding hydrogens is 375 g/mol. The largest absolute Gasteiger partial charge is 0.288 e. The lowest BCUT2D eigenvalue weighted by molar-refractivity contribution is -0.124. The maximum Gasteiger partial charge on any atom is 0.267 e. The zero-order valence-corrected chi connectivity index (χ0v) is 14.4.